The number of amidine groups is 1. The van der Waals surface area contributed by atoms with E-state index in [2.05, 4.69) is 47.7 Å². The lowest BCUT2D eigenvalue weighted by Crippen LogP contribution is -2.46. The number of nitrogens with one attached hydrogen (secondary N) is 1. The number of aromatic nitrogens is 2. The minimum absolute atomic E-state index is 0.0360. The smallest absolute Gasteiger partial charge is 0.410 e. The molecule has 6 rings (SSSR count). The molecule has 3 aliphatic rings. The number of benzene rings is 2. The number of carbonyl (C=O) groups is 2. The number of rotatable bonds is 11. The van der Waals surface area contributed by atoms with Crippen LogP contribution in [0, 0.1) is 0 Å². The molecule has 0 radical (unpaired) electrons. The Morgan fingerprint density at radius 2 is 1.50 bits per heavy atom. The molecule has 1 N–H and O–H groups in total. The Hall–Kier alpha value is -4.10. The van der Waals surface area contributed by atoms with Gasteiger partial charge in [-0.25, -0.2) is 14.6 Å². The minimum atomic E-state index is -1.27. The van der Waals surface area contributed by atoms with Crippen LogP contribution < -0.4 is 10.1 Å². The normalized spacial score (nSPS) is 20.7. The van der Waals surface area contributed by atoms with Crippen LogP contribution in [0.3, 0.4) is 0 Å². The molecule has 0 aliphatic carbocycles. The molecule has 0 saturated carbocycles. The van der Waals surface area contributed by atoms with Crippen molar-refractivity contribution in [2.45, 2.75) is 136 Å². The van der Waals surface area contributed by atoms with Gasteiger partial charge in [-0.3, -0.25) is 14.8 Å². The molecule has 13 heteroatoms. The molecule has 2 aromatic carbocycles. The second kappa shape index (κ2) is 15.9. The van der Waals surface area contributed by atoms with E-state index >= 15 is 0 Å². The molecule has 1 aromatic heterocycles. The minimum Gasteiger partial charge on any atom is -0.489 e. The Labute approximate surface area is 321 Å². The van der Waals surface area contributed by atoms with E-state index in [1.165, 1.54) is 0 Å². The van der Waals surface area contributed by atoms with Gasteiger partial charge < -0.3 is 28.8 Å². The molecule has 3 aliphatic heterocycles. The fraction of sp³-hybridized carbons (Fsp3) is 0.610. The Kier molecular flexibility index (Phi) is 11.7. The summed E-state index contributed by atoms with van der Waals surface area (Å²) in [5.41, 5.74) is 2.81. The molecule has 3 atom stereocenters. The number of hydrogen-bond acceptors (Lipinski definition) is 9. The average Bonchev–Trinajstić information content (AvgIpc) is 3.89. The lowest BCUT2D eigenvalue weighted by molar-refractivity contribution is 0.0203. The highest BCUT2D eigenvalue weighted by molar-refractivity contribution is 6.76. The Morgan fingerprint density at radius 1 is 0.870 bits per heavy atom. The van der Waals surface area contributed by atoms with Gasteiger partial charge in [-0.2, -0.15) is 0 Å². The van der Waals surface area contributed by atoms with Gasteiger partial charge in [0.1, 0.15) is 41.9 Å². The fourth-order valence-electron chi connectivity index (χ4n) is 7.17. The molecule has 0 bridgehead atoms. The number of fused-ring (bicyclic) bond motifs is 1. The summed E-state index contributed by atoms with van der Waals surface area (Å²) >= 11 is 0. The first-order chi connectivity index (χ1) is 25.4. The number of hydrogen-bond donors (Lipinski definition) is 1. The maximum absolute atomic E-state index is 13.2. The van der Waals surface area contributed by atoms with Crippen LogP contribution in [0.15, 0.2) is 47.5 Å². The largest absolute Gasteiger partial charge is 0.489 e. The van der Waals surface area contributed by atoms with E-state index in [-0.39, 0.29) is 30.3 Å². The summed E-state index contributed by atoms with van der Waals surface area (Å²) < 4.78 is 26.1. The van der Waals surface area contributed by atoms with Crippen molar-refractivity contribution in [1.29, 1.82) is 0 Å². The monoisotopic (exact) mass is 760 g/mol. The highest BCUT2D eigenvalue weighted by Gasteiger charge is 2.38. The second-order valence-electron chi connectivity index (χ2n) is 18.0. The van der Waals surface area contributed by atoms with E-state index < -0.39 is 19.3 Å². The van der Waals surface area contributed by atoms with Gasteiger partial charge in [0.2, 0.25) is 0 Å². The molecule has 54 heavy (non-hydrogen) atoms. The van der Waals surface area contributed by atoms with Crippen molar-refractivity contribution in [2.24, 2.45) is 4.99 Å². The summed E-state index contributed by atoms with van der Waals surface area (Å²) in [5, 5.41) is 3.46. The number of amides is 2. The summed E-state index contributed by atoms with van der Waals surface area (Å²) in [6.45, 7) is 21.8. The zero-order valence-corrected chi connectivity index (χ0v) is 34.7. The van der Waals surface area contributed by atoms with Crippen LogP contribution in [-0.4, -0.2) is 88.9 Å². The number of aliphatic imine (C=N–C) groups is 1. The number of likely N-dealkylation sites (tertiary alicyclic amines) is 2. The zero-order chi connectivity index (χ0) is 38.8. The number of ether oxygens (including phenoxy) is 4. The van der Waals surface area contributed by atoms with E-state index in [9.17, 15) is 9.59 Å². The molecule has 0 spiro atoms. The van der Waals surface area contributed by atoms with Crippen molar-refractivity contribution in [1.82, 2.24) is 24.7 Å². The van der Waals surface area contributed by atoms with Crippen molar-refractivity contribution < 1.29 is 28.5 Å². The first-order valence-electron chi connectivity index (χ1n) is 19.5. The van der Waals surface area contributed by atoms with Gasteiger partial charge in [0, 0.05) is 34.3 Å². The van der Waals surface area contributed by atoms with E-state index in [1.807, 2.05) is 70.7 Å². The van der Waals surface area contributed by atoms with Gasteiger partial charge in [-0.05, 0) is 109 Å². The van der Waals surface area contributed by atoms with Crippen LogP contribution in [-0.2, 0) is 27.5 Å². The molecule has 2 fully saturated rings. The van der Waals surface area contributed by atoms with Crippen molar-refractivity contribution >= 4 is 37.1 Å². The third kappa shape index (κ3) is 9.95. The first-order valence-corrected chi connectivity index (χ1v) is 23.3. The van der Waals surface area contributed by atoms with E-state index in [0.717, 1.165) is 71.3 Å². The number of carbonyl (C=O) groups excluding carboxylic acids is 2. The Morgan fingerprint density at radius 3 is 2.13 bits per heavy atom. The highest BCUT2D eigenvalue weighted by atomic mass is 28.3. The predicted molar refractivity (Wildman–Crippen MR) is 214 cm³/mol. The summed E-state index contributed by atoms with van der Waals surface area (Å²) in [6.07, 6.45) is 2.91. The Balaban J connectivity index is 1.14. The molecule has 3 aromatic rings. The maximum atomic E-state index is 13.2. The lowest BCUT2D eigenvalue weighted by atomic mass is 10.1. The quantitative estimate of drug-likeness (QED) is 0.153. The zero-order valence-electron chi connectivity index (χ0n) is 33.7. The van der Waals surface area contributed by atoms with Crippen LogP contribution in [0.25, 0.3) is 11.0 Å². The SMILES string of the molecule is CC(C)(C)OC(=O)N1CCC[C@H]1C1=NC(c2ccc(OCc3ccc4nc([C@@H]5CCCN5C(=O)OC(C)(C)C)n(COCC[Si](C)(C)C)c4c3)cc2)CN1. The number of nitrogens with zero attached hydrogens (tertiary/aromatic N) is 5. The van der Waals surface area contributed by atoms with Crippen molar-refractivity contribution in [3.8, 4) is 5.75 Å². The summed E-state index contributed by atoms with van der Waals surface area (Å²) in [7, 11) is -1.27. The molecule has 294 valence electrons. The van der Waals surface area contributed by atoms with Crippen LogP contribution in [0.2, 0.25) is 25.7 Å². The lowest BCUT2D eigenvalue weighted by Gasteiger charge is -2.28. The van der Waals surface area contributed by atoms with Gasteiger partial charge in [-0.1, -0.05) is 37.8 Å². The van der Waals surface area contributed by atoms with Crippen LogP contribution in [0.4, 0.5) is 9.59 Å². The van der Waals surface area contributed by atoms with Crippen LogP contribution in [0.5, 0.6) is 5.75 Å². The van der Waals surface area contributed by atoms with Crippen molar-refractivity contribution in [2.75, 3.05) is 26.2 Å². The molecule has 4 heterocycles. The van der Waals surface area contributed by atoms with Gasteiger partial charge in [0.15, 0.2) is 0 Å². The Bertz CT molecular complexity index is 1820. The maximum Gasteiger partial charge on any atom is 0.410 e. The summed E-state index contributed by atoms with van der Waals surface area (Å²) in [4.78, 5) is 39.8. The van der Waals surface area contributed by atoms with Gasteiger partial charge in [0.25, 0.3) is 0 Å². The molecular formula is C41H60N6O6Si. The topological polar surface area (TPSA) is 120 Å². The van der Waals surface area contributed by atoms with Crippen molar-refractivity contribution in [3.05, 3.63) is 59.4 Å². The second-order valence-corrected chi connectivity index (χ2v) is 23.6. The average molecular weight is 761 g/mol. The van der Waals surface area contributed by atoms with Crippen LogP contribution >= 0.6 is 0 Å². The highest BCUT2D eigenvalue weighted by Crippen LogP contribution is 2.35. The van der Waals surface area contributed by atoms with Gasteiger partial charge >= 0.3 is 12.2 Å². The third-order valence-electron chi connectivity index (χ3n) is 9.88. The fourth-order valence-corrected chi connectivity index (χ4v) is 7.93. The van der Waals surface area contributed by atoms with E-state index in [4.69, 9.17) is 28.9 Å². The molecule has 1 unspecified atom stereocenters. The molecule has 12 nitrogen and oxygen atoms in total. The predicted octanol–water partition coefficient (Wildman–Crippen LogP) is 8.44. The number of imidazole rings is 1. The molecule has 2 amide bonds. The van der Waals surface area contributed by atoms with Gasteiger partial charge in [0.05, 0.1) is 29.2 Å². The summed E-state index contributed by atoms with van der Waals surface area (Å²) in [5.74, 6) is 2.45. The van der Waals surface area contributed by atoms with E-state index in [1.54, 1.807) is 4.90 Å². The molecular weight excluding hydrogens is 701 g/mol. The van der Waals surface area contributed by atoms with Crippen molar-refractivity contribution in [3.63, 3.8) is 0 Å². The van der Waals surface area contributed by atoms with Gasteiger partial charge in [-0.15, -0.1) is 0 Å². The van der Waals surface area contributed by atoms with E-state index in [0.29, 0.717) is 39.6 Å². The van der Waals surface area contributed by atoms with Crippen LogP contribution in [0.1, 0.15) is 96.3 Å². The first kappa shape index (κ1) is 39.6. The third-order valence-corrected chi connectivity index (χ3v) is 11.6. The molecule has 2 saturated heterocycles. The standard InChI is InChI=1S/C41H60N6O6Si/c1-40(2,3)52-38(48)45-20-10-12-33(45)36-42-25-32(43-36)29-15-17-30(18-16-29)51-26-28-14-19-31-35(24-28)47(27-50-22-23-54(7,8)9)37(44-31)34-13-11-21-46(34)39(49)53-41(4,5)6/h14-19,24,32-34H,10-13,20-23,25-27H2,1-9H3,(H,42,43)/t32?,33-,34-/m0/s1. The summed E-state index contributed by atoms with van der Waals surface area (Å²) in [6, 6.07) is 15.1.